The Morgan fingerprint density at radius 3 is 2.70 bits per heavy atom. The number of rotatable bonds is 6. The Balaban J connectivity index is 1.54. The second kappa shape index (κ2) is 7.94. The molecule has 2 aromatic rings. The summed E-state index contributed by atoms with van der Waals surface area (Å²) < 4.78 is 34.1. The molecule has 0 fully saturated rings. The average molecular weight is 375 g/mol. The van der Waals surface area contributed by atoms with Crippen LogP contribution in [0.15, 0.2) is 36.4 Å². The van der Waals surface area contributed by atoms with E-state index in [1.165, 1.54) is 26.2 Å². The number of benzene rings is 2. The third kappa shape index (κ3) is 4.28. The summed E-state index contributed by atoms with van der Waals surface area (Å²) in [6, 6.07) is 8.99. The van der Waals surface area contributed by atoms with Crippen molar-refractivity contribution >= 4 is 11.9 Å². The van der Waals surface area contributed by atoms with Gasteiger partial charge in [0, 0.05) is 6.54 Å². The highest BCUT2D eigenvalue weighted by Crippen LogP contribution is 2.32. The van der Waals surface area contributed by atoms with Crippen LogP contribution in [0.2, 0.25) is 0 Å². The first-order chi connectivity index (χ1) is 13.0. The molecule has 2 aromatic carbocycles. The van der Waals surface area contributed by atoms with Crippen LogP contribution in [0, 0.1) is 5.82 Å². The molecule has 0 radical (unpaired) electrons. The lowest BCUT2D eigenvalue weighted by atomic mass is 10.2. The first-order valence-electron chi connectivity index (χ1n) is 8.18. The van der Waals surface area contributed by atoms with Crippen molar-refractivity contribution < 1.29 is 32.9 Å². The summed E-state index contributed by atoms with van der Waals surface area (Å²) in [5.74, 6) is -0.688. The Kier molecular flexibility index (Phi) is 5.44. The fraction of sp³-hybridized carbons (Fsp3) is 0.263. The molecule has 3 rings (SSSR count). The van der Waals surface area contributed by atoms with Gasteiger partial charge in [-0.15, -0.1) is 0 Å². The van der Waals surface area contributed by atoms with Crippen molar-refractivity contribution in [2.24, 2.45) is 0 Å². The number of halogens is 1. The number of nitrogens with one attached hydrogen (secondary N) is 1. The number of hydrogen-bond donors (Lipinski definition) is 1. The minimum Gasteiger partial charge on any atom is -0.494 e. The minimum atomic E-state index is -1.04. The Hall–Kier alpha value is -3.29. The second-order valence-electron chi connectivity index (χ2n) is 5.80. The summed E-state index contributed by atoms with van der Waals surface area (Å²) in [6.07, 6.45) is -1.04. The molecular weight excluding hydrogens is 357 g/mol. The molecule has 142 valence electrons. The number of amides is 1. The number of fused-ring (bicyclic) bond motifs is 1. The fourth-order valence-corrected chi connectivity index (χ4v) is 2.46. The SMILES string of the molecule is COc1ccc(C(=O)O[C@H](C)C(=O)NCc2ccc3c(c2)OCO3)cc1F. The molecule has 0 unspecified atom stereocenters. The summed E-state index contributed by atoms with van der Waals surface area (Å²) in [7, 11) is 1.32. The topological polar surface area (TPSA) is 83.1 Å². The van der Waals surface area contributed by atoms with Crippen LogP contribution >= 0.6 is 0 Å². The number of ether oxygens (including phenoxy) is 4. The summed E-state index contributed by atoms with van der Waals surface area (Å²) in [5, 5.41) is 2.67. The number of carbonyl (C=O) groups is 2. The summed E-state index contributed by atoms with van der Waals surface area (Å²) in [6.45, 7) is 1.84. The predicted octanol–water partition coefficient (Wildman–Crippen LogP) is 2.42. The molecule has 0 saturated carbocycles. The molecule has 0 aromatic heterocycles. The van der Waals surface area contributed by atoms with Crippen LogP contribution < -0.4 is 19.5 Å². The molecule has 7 nitrogen and oxygen atoms in total. The van der Waals surface area contributed by atoms with E-state index in [0.29, 0.717) is 11.5 Å². The number of methoxy groups -OCH3 is 1. The van der Waals surface area contributed by atoms with Crippen molar-refractivity contribution in [1.29, 1.82) is 0 Å². The Morgan fingerprint density at radius 2 is 1.96 bits per heavy atom. The maximum absolute atomic E-state index is 13.7. The van der Waals surface area contributed by atoms with Gasteiger partial charge in [0.25, 0.3) is 5.91 Å². The maximum Gasteiger partial charge on any atom is 0.339 e. The van der Waals surface area contributed by atoms with Crippen LogP contribution in [0.25, 0.3) is 0 Å². The Bertz CT molecular complexity index is 869. The molecule has 0 saturated heterocycles. The highest BCUT2D eigenvalue weighted by Gasteiger charge is 2.20. The number of carbonyl (C=O) groups excluding carboxylic acids is 2. The zero-order valence-corrected chi connectivity index (χ0v) is 14.8. The van der Waals surface area contributed by atoms with Crippen molar-refractivity contribution in [2.45, 2.75) is 19.6 Å². The maximum atomic E-state index is 13.7. The molecule has 0 aliphatic carbocycles. The van der Waals surface area contributed by atoms with Gasteiger partial charge in [-0.1, -0.05) is 6.07 Å². The van der Waals surface area contributed by atoms with Gasteiger partial charge in [-0.25, -0.2) is 9.18 Å². The Labute approximate surface area is 155 Å². The van der Waals surface area contributed by atoms with Crippen molar-refractivity contribution in [3.05, 3.63) is 53.3 Å². The number of hydrogen-bond acceptors (Lipinski definition) is 6. The van der Waals surface area contributed by atoms with Gasteiger partial charge < -0.3 is 24.3 Å². The molecule has 1 atom stereocenters. The van der Waals surface area contributed by atoms with Gasteiger partial charge in [-0.2, -0.15) is 0 Å². The molecule has 1 amide bonds. The largest absolute Gasteiger partial charge is 0.494 e. The molecular formula is C19H18FNO6. The summed E-state index contributed by atoms with van der Waals surface area (Å²) >= 11 is 0. The van der Waals surface area contributed by atoms with Crippen molar-refractivity contribution in [3.8, 4) is 17.2 Å². The van der Waals surface area contributed by atoms with E-state index >= 15 is 0 Å². The lowest BCUT2D eigenvalue weighted by Gasteiger charge is -2.14. The zero-order chi connectivity index (χ0) is 19.4. The van der Waals surface area contributed by atoms with Gasteiger partial charge in [-0.3, -0.25) is 4.79 Å². The van der Waals surface area contributed by atoms with E-state index < -0.39 is 23.8 Å². The van der Waals surface area contributed by atoms with E-state index in [4.69, 9.17) is 18.9 Å². The molecule has 27 heavy (non-hydrogen) atoms. The molecule has 8 heteroatoms. The standard InChI is InChI=1S/C19H18FNO6/c1-11(27-19(23)13-4-6-15(24-2)14(20)8-13)18(22)21-9-12-3-5-16-17(7-12)26-10-25-16/h3-8,11H,9-10H2,1-2H3,(H,21,22)/t11-/m1/s1. The van der Waals surface area contributed by atoms with E-state index in [2.05, 4.69) is 5.32 Å². The van der Waals surface area contributed by atoms with Crippen LogP contribution in [-0.2, 0) is 16.1 Å². The normalized spacial score (nSPS) is 13.0. The first kappa shape index (κ1) is 18.5. The van der Waals surface area contributed by atoms with Crippen molar-refractivity contribution in [2.75, 3.05) is 13.9 Å². The van der Waals surface area contributed by atoms with E-state index in [0.717, 1.165) is 11.6 Å². The Morgan fingerprint density at radius 1 is 1.19 bits per heavy atom. The molecule has 1 aliphatic heterocycles. The first-order valence-corrected chi connectivity index (χ1v) is 8.18. The highest BCUT2D eigenvalue weighted by atomic mass is 19.1. The molecule has 1 heterocycles. The van der Waals surface area contributed by atoms with E-state index in [-0.39, 0.29) is 24.7 Å². The van der Waals surface area contributed by atoms with E-state index in [1.807, 2.05) is 0 Å². The zero-order valence-electron chi connectivity index (χ0n) is 14.8. The monoisotopic (exact) mass is 375 g/mol. The van der Waals surface area contributed by atoms with Gasteiger partial charge in [0.2, 0.25) is 6.79 Å². The van der Waals surface area contributed by atoms with Crippen LogP contribution in [0.5, 0.6) is 17.2 Å². The molecule has 0 spiro atoms. The third-order valence-corrected chi connectivity index (χ3v) is 3.94. The molecule has 1 N–H and O–H groups in total. The molecule has 1 aliphatic rings. The van der Waals surface area contributed by atoms with Gasteiger partial charge in [-0.05, 0) is 42.8 Å². The highest BCUT2D eigenvalue weighted by molar-refractivity contribution is 5.92. The van der Waals surface area contributed by atoms with Gasteiger partial charge in [0.05, 0.1) is 12.7 Å². The molecule has 0 bridgehead atoms. The fourth-order valence-electron chi connectivity index (χ4n) is 2.46. The average Bonchev–Trinajstić information content (AvgIpc) is 3.13. The van der Waals surface area contributed by atoms with Crippen LogP contribution in [-0.4, -0.2) is 31.9 Å². The lowest BCUT2D eigenvalue weighted by molar-refractivity contribution is -0.129. The summed E-state index contributed by atoms with van der Waals surface area (Å²) in [4.78, 5) is 24.2. The minimum absolute atomic E-state index is 0.0104. The van der Waals surface area contributed by atoms with Crippen LogP contribution in [0.1, 0.15) is 22.8 Å². The van der Waals surface area contributed by atoms with Crippen LogP contribution in [0.3, 0.4) is 0 Å². The van der Waals surface area contributed by atoms with E-state index in [9.17, 15) is 14.0 Å². The van der Waals surface area contributed by atoms with Gasteiger partial charge >= 0.3 is 5.97 Å². The third-order valence-electron chi connectivity index (χ3n) is 3.94. The second-order valence-corrected chi connectivity index (χ2v) is 5.80. The van der Waals surface area contributed by atoms with Gasteiger partial charge in [0.1, 0.15) is 0 Å². The van der Waals surface area contributed by atoms with Crippen molar-refractivity contribution in [3.63, 3.8) is 0 Å². The summed E-state index contributed by atoms with van der Waals surface area (Å²) in [5.41, 5.74) is 0.798. The van der Waals surface area contributed by atoms with Gasteiger partial charge in [0.15, 0.2) is 29.2 Å². The van der Waals surface area contributed by atoms with Crippen LogP contribution in [0.4, 0.5) is 4.39 Å². The lowest BCUT2D eigenvalue weighted by Crippen LogP contribution is -2.35. The predicted molar refractivity (Wildman–Crippen MR) is 92.2 cm³/mol. The quantitative estimate of drug-likeness (QED) is 0.781. The van der Waals surface area contributed by atoms with E-state index in [1.54, 1.807) is 18.2 Å². The smallest absolute Gasteiger partial charge is 0.339 e. The van der Waals surface area contributed by atoms with Crippen molar-refractivity contribution in [1.82, 2.24) is 5.32 Å². The number of esters is 1.